The molecule has 3 heteroatoms. The average molecular weight is 278 g/mol. The minimum Gasteiger partial charge on any atom is -0.354 e. The normalized spacial score (nSPS) is 10.8. The number of hydrogen-bond acceptors (Lipinski definition) is 1. The zero-order valence-corrected chi connectivity index (χ0v) is 12.0. The van der Waals surface area contributed by atoms with Crippen molar-refractivity contribution < 1.29 is 4.39 Å². The monoisotopic (exact) mass is 278 g/mol. The van der Waals surface area contributed by atoms with Crippen LogP contribution in [0.3, 0.4) is 0 Å². The molecule has 1 heterocycles. The van der Waals surface area contributed by atoms with Gasteiger partial charge in [0.15, 0.2) is 0 Å². The molecule has 3 aromatic rings. The number of H-pyrrole nitrogens is 1. The molecule has 21 heavy (non-hydrogen) atoms. The lowest BCUT2D eigenvalue weighted by Crippen LogP contribution is -1.88. The van der Waals surface area contributed by atoms with Gasteiger partial charge in [-0.3, -0.25) is 0 Å². The van der Waals surface area contributed by atoms with Crippen molar-refractivity contribution in [2.45, 2.75) is 20.3 Å². The SMILES string of the molecule is Cc1ccc(-c2[nH]c3ccc(F)cc3c2CC#N)cc1C. The molecule has 0 fully saturated rings. The maximum Gasteiger partial charge on any atom is 0.123 e. The first kappa shape index (κ1) is 13.4. The fourth-order valence-electron chi connectivity index (χ4n) is 2.63. The third-order valence-electron chi connectivity index (χ3n) is 3.92. The molecule has 0 aliphatic rings. The maximum atomic E-state index is 13.5. The maximum absolute atomic E-state index is 13.5. The molecule has 0 saturated heterocycles. The van der Waals surface area contributed by atoms with E-state index in [1.807, 2.05) is 6.07 Å². The fraction of sp³-hybridized carbons (Fsp3) is 0.167. The molecule has 0 unspecified atom stereocenters. The minimum atomic E-state index is -0.285. The van der Waals surface area contributed by atoms with Crippen LogP contribution < -0.4 is 0 Å². The summed E-state index contributed by atoms with van der Waals surface area (Å²) in [5, 5.41) is 9.86. The summed E-state index contributed by atoms with van der Waals surface area (Å²) in [6.07, 6.45) is 0.256. The second-order valence-corrected chi connectivity index (χ2v) is 5.30. The topological polar surface area (TPSA) is 39.6 Å². The second-order valence-electron chi connectivity index (χ2n) is 5.30. The smallest absolute Gasteiger partial charge is 0.123 e. The number of hydrogen-bond donors (Lipinski definition) is 1. The highest BCUT2D eigenvalue weighted by Crippen LogP contribution is 2.32. The van der Waals surface area contributed by atoms with Gasteiger partial charge >= 0.3 is 0 Å². The van der Waals surface area contributed by atoms with Gasteiger partial charge in [0, 0.05) is 10.9 Å². The Morgan fingerprint density at radius 2 is 1.90 bits per heavy atom. The van der Waals surface area contributed by atoms with Crippen LogP contribution in [-0.2, 0) is 6.42 Å². The van der Waals surface area contributed by atoms with E-state index in [4.69, 9.17) is 5.26 Å². The summed E-state index contributed by atoms with van der Waals surface area (Å²) >= 11 is 0. The van der Waals surface area contributed by atoms with Crippen LogP contribution >= 0.6 is 0 Å². The van der Waals surface area contributed by atoms with Crippen molar-refractivity contribution in [3.63, 3.8) is 0 Å². The van der Waals surface area contributed by atoms with E-state index < -0.39 is 0 Å². The van der Waals surface area contributed by atoms with Gasteiger partial charge in [0.25, 0.3) is 0 Å². The lowest BCUT2D eigenvalue weighted by atomic mass is 10.00. The number of rotatable bonds is 2. The zero-order valence-electron chi connectivity index (χ0n) is 12.0. The molecular weight excluding hydrogens is 263 g/mol. The summed E-state index contributed by atoms with van der Waals surface area (Å²) in [5.41, 5.74) is 6.06. The Kier molecular flexibility index (Phi) is 3.23. The molecule has 3 rings (SSSR count). The second kappa shape index (κ2) is 5.06. The third-order valence-corrected chi connectivity index (χ3v) is 3.92. The number of halogens is 1. The summed E-state index contributed by atoms with van der Waals surface area (Å²) < 4.78 is 13.5. The van der Waals surface area contributed by atoms with Crippen molar-refractivity contribution in [2.24, 2.45) is 0 Å². The van der Waals surface area contributed by atoms with Gasteiger partial charge in [-0.15, -0.1) is 0 Å². The summed E-state index contributed by atoms with van der Waals surface area (Å²) in [4.78, 5) is 3.32. The number of nitriles is 1. The standard InChI is InChI=1S/C18H15FN2/c1-11-3-4-13(9-12(11)2)18-15(7-8-20)16-10-14(19)5-6-17(16)21-18/h3-6,9-10,21H,7H2,1-2H3. The van der Waals surface area contributed by atoms with Crippen molar-refractivity contribution in [2.75, 3.05) is 0 Å². The first-order chi connectivity index (χ1) is 10.1. The zero-order chi connectivity index (χ0) is 15.0. The number of fused-ring (bicyclic) bond motifs is 1. The lowest BCUT2D eigenvalue weighted by Gasteiger charge is -2.05. The predicted molar refractivity (Wildman–Crippen MR) is 82.5 cm³/mol. The predicted octanol–water partition coefficient (Wildman–Crippen LogP) is 4.66. The van der Waals surface area contributed by atoms with Crippen LogP contribution in [0.2, 0.25) is 0 Å². The molecule has 104 valence electrons. The molecular formula is C18H15FN2. The number of benzene rings is 2. The van der Waals surface area contributed by atoms with Crippen LogP contribution in [0.25, 0.3) is 22.2 Å². The van der Waals surface area contributed by atoms with Gasteiger partial charge in [-0.2, -0.15) is 5.26 Å². The highest BCUT2D eigenvalue weighted by atomic mass is 19.1. The van der Waals surface area contributed by atoms with E-state index in [0.29, 0.717) is 0 Å². The quantitative estimate of drug-likeness (QED) is 0.727. The average Bonchev–Trinajstić information content (AvgIpc) is 2.81. The first-order valence-electron chi connectivity index (χ1n) is 6.85. The van der Waals surface area contributed by atoms with E-state index in [0.717, 1.165) is 27.7 Å². The summed E-state index contributed by atoms with van der Waals surface area (Å²) in [6, 6.07) is 13.0. The van der Waals surface area contributed by atoms with Crippen molar-refractivity contribution >= 4 is 10.9 Å². The molecule has 2 nitrogen and oxygen atoms in total. The van der Waals surface area contributed by atoms with Gasteiger partial charge < -0.3 is 4.98 Å². The minimum absolute atomic E-state index is 0.256. The molecule has 2 aromatic carbocycles. The van der Waals surface area contributed by atoms with Gasteiger partial charge in [-0.05, 0) is 60.4 Å². The summed E-state index contributed by atoms with van der Waals surface area (Å²) in [5.74, 6) is -0.285. The van der Waals surface area contributed by atoms with E-state index in [1.165, 1.54) is 23.3 Å². The van der Waals surface area contributed by atoms with Crippen LogP contribution in [-0.4, -0.2) is 4.98 Å². The van der Waals surface area contributed by atoms with Crippen LogP contribution in [0.5, 0.6) is 0 Å². The summed E-state index contributed by atoms with van der Waals surface area (Å²) in [7, 11) is 0. The molecule has 0 aliphatic heterocycles. The largest absolute Gasteiger partial charge is 0.354 e. The number of aryl methyl sites for hydroxylation is 2. The first-order valence-corrected chi connectivity index (χ1v) is 6.85. The van der Waals surface area contributed by atoms with Crippen molar-refractivity contribution in [1.29, 1.82) is 5.26 Å². The van der Waals surface area contributed by atoms with E-state index in [-0.39, 0.29) is 12.2 Å². The molecule has 0 saturated carbocycles. The number of aromatic amines is 1. The number of aromatic nitrogens is 1. The molecule has 1 aromatic heterocycles. The molecule has 1 N–H and O–H groups in total. The van der Waals surface area contributed by atoms with Crippen molar-refractivity contribution in [3.8, 4) is 17.3 Å². The van der Waals surface area contributed by atoms with Gasteiger partial charge in [0.1, 0.15) is 5.82 Å². The molecule has 0 aliphatic carbocycles. The highest BCUT2D eigenvalue weighted by Gasteiger charge is 2.14. The Morgan fingerprint density at radius 1 is 1.10 bits per heavy atom. The van der Waals surface area contributed by atoms with E-state index in [9.17, 15) is 4.39 Å². The van der Waals surface area contributed by atoms with Crippen molar-refractivity contribution in [3.05, 3.63) is 58.9 Å². The van der Waals surface area contributed by atoms with Gasteiger partial charge in [0.2, 0.25) is 0 Å². The Hall–Kier alpha value is -2.60. The van der Waals surface area contributed by atoms with Crippen LogP contribution in [0.1, 0.15) is 16.7 Å². The summed E-state index contributed by atoms with van der Waals surface area (Å²) in [6.45, 7) is 4.13. The van der Waals surface area contributed by atoms with Gasteiger partial charge in [-0.1, -0.05) is 12.1 Å². The lowest BCUT2D eigenvalue weighted by molar-refractivity contribution is 0.629. The van der Waals surface area contributed by atoms with E-state index >= 15 is 0 Å². The number of nitrogens with one attached hydrogen (secondary N) is 1. The van der Waals surface area contributed by atoms with E-state index in [1.54, 1.807) is 6.07 Å². The molecule has 0 atom stereocenters. The fourth-order valence-corrected chi connectivity index (χ4v) is 2.63. The Balaban J connectivity index is 2.28. The number of nitrogens with zero attached hydrogens (tertiary/aromatic N) is 1. The van der Waals surface area contributed by atoms with Crippen LogP contribution in [0.4, 0.5) is 4.39 Å². The molecule has 0 bridgehead atoms. The van der Waals surface area contributed by atoms with Crippen LogP contribution in [0.15, 0.2) is 36.4 Å². The molecule has 0 amide bonds. The highest BCUT2D eigenvalue weighted by molar-refractivity contribution is 5.91. The van der Waals surface area contributed by atoms with Crippen LogP contribution in [0, 0.1) is 31.0 Å². The van der Waals surface area contributed by atoms with Gasteiger partial charge in [-0.25, -0.2) is 4.39 Å². The Bertz CT molecular complexity index is 869. The third kappa shape index (κ3) is 2.30. The Morgan fingerprint density at radius 3 is 2.62 bits per heavy atom. The van der Waals surface area contributed by atoms with Gasteiger partial charge in [0.05, 0.1) is 18.2 Å². The molecule has 0 radical (unpaired) electrons. The Labute approximate surface area is 122 Å². The molecule has 0 spiro atoms. The van der Waals surface area contributed by atoms with E-state index in [2.05, 4.69) is 37.0 Å². The van der Waals surface area contributed by atoms with Crippen molar-refractivity contribution in [1.82, 2.24) is 4.98 Å².